The summed E-state index contributed by atoms with van der Waals surface area (Å²) in [5, 5.41) is 0. The first-order chi connectivity index (χ1) is 12.4. The fourth-order valence-corrected chi connectivity index (χ4v) is 4.15. The van der Waals surface area contributed by atoms with Crippen LogP contribution in [0.2, 0.25) is 0 Å². The maximum absolute atomic E-state index is 12.2. The van der Waals surface area contributed by atoms with Gasteiger partial charge < -0.3 is 9.44 Å². The van der Waals surface area contributed by atoms with E-state index < -0.39 is 20.0 Å². The Morgan fingerprint density at radius 3 is 1.04 bits per heavy atom. The van der Waals surface area contributed by atoms with Gasteiger partial charge in [0, 0.05) is 0 Å². The second-order valence-electron chi connectivity index (χ2n) is 5.28. The molecule has 134 valence electrons. The van der Waals surface area contributed by atoms with Gasteiger partial charge in [-0.1, -0.05) is 60.7 Å². The van der Waals surface area contributed by atoms with Crippen LogP contribution in [0.4, 0.5) is 11.4 Å². The quantitative estimate of drug-likeness (QED) is 0.442. The molecule has 3 rings (SSSR count). The minimum absolute atomic E-state index is 0. The summed E-state index contributed by atoms with van der Waals surface area (Å²) >= 11 is 0. The number of sulfonamides is 2. The van der Waals surface area contributed by atoms with Gasteiger partial charge in [-0.25, -0.2) is 16.8 Å². The standard InChI is InChI=1S/C18H14N2O4S2.2Na/c21-25(22,17-7-3-1-4-8-17)19-15-11-13-16(14-12-15)20-26(23,24)18-9-5-2-6-10-18;;/h1-14H;;/q-2;2*+1. The van der Waals surface area contributed by atoms with E-state index in [1.807, 2.05) is 0 Å². The Labute approximate surface area is 209 Å². The van der Waals surface area contributed by atoms with Gasteiger partial charge in [0.2, 0.25) is 0 Å². The number of benzene rings is 3. The summed E-state index contributed by atoms with van der Waals surface area (Å²) in [5.74, 6) is 0. The normalized spacial score (nSPS) is 10.9. The van der Waals surface area contributed by atoms with Crippen LogP contribution < -0.4 is 59.1 Å². The van der Waals surface area contributed by atoms with Crippen LogP contribution in [0.25, 0.3) is 9.44 Å². The van der Waals surface area contributed by atoms with E-state index in [1.54, 1.807) is 36.4 Å². The molecule has 0 fully saturated rings. The molecule has 0 amide bonds. The zero-order chi connectivity index (χ0) is 18.6. The minimum Gasteiger partial charge on any atom is -0.573 e. The molecule has 0 spiro atoms. The third-order valence-electron chi connectivity index (χ3n) is 3.38. The molecule has 0 aliphatic rings. The zero-order valence-electron chi connectivity index (χ0n) is 15.4. The first kappa shape index (κ1) is 25.2. The molecular weight excluding hydrogens is 418 g/mol. The molecule has 0 saturated heterocycles. The van der Waals surface area contributed by atoms with Gasteiger partial charge in [0.15, 0.2) is 0 Å². The molecule has 0 aliphatic heterocycles. The molecule has 3 aromatic carbocycles. The van der Waals surface area contributed by atoms with Gasteiger partial charge in [-0.15, -0.1) is 11.4 Å². The van der Waals surface area contributed by atoms with Gasteiger partial charge in [-0.05, 0) is 24.3 Å². The maximum Gasteiger partial charge on any atom is 1.00 e. The zero-order valence-corrected chi connectivity index (χ0v) is 21.1. The van der Waals surface area contributed by atoms with Crippen LogP contribution in [-0.4, -0.2) is 16.8 Å². The van der Waals surface area contributed by atoms with Gasteiger partial charge >= 0.3 is 59.1 Å². The van der Waals surface area contributed by atoms with Crippen LogP contribution in [0.15, 0.2) is 94.7 Å². The second-order valence-corrected chi connectivity index (χ2v) is 8.48. The monoisotopic (exact) mass is 432 g/mol. The van der Waals surface area contributed by atoms with E-state index in [4.69, 9.17) is 0 Å². The summed E-state index contributed by atoms with van der Waals surface area (Å²) in [6.45, 7) is 0. The number of hydrogen-bond donors (Lipinski definition) is 0. The molecule has 0 N–H and O–H groups in total. The molecule has 0 saturated carbocycles. The molecule has 0 heterocycles. The van der Waals surface area contributed by atoms with Gasteiger partial charge in [0.25, 0.3) is 0 Å². The third kappa shape index (κ3) is 6.60. The van der Waals surface area contributed by atoms with Crippen LogP contribution in [0.5, 0.6) is 0 Å². The average molecular weight is 432 g/mol. The van der Waals surface area contributed by atoms with E-state index in [0.29, 0.717) is 0 Å². The number of rotatable bonds is 6. The second kappa shape index (κ2) is 10.8. The molecule has 0 radical (unpaired) electrons. The summed E-state index contributed by atoms with van der Waals surface area (Å²) in [6.07, 6.45) is 0. The Kier molecular flexibility index (Phi) is 9.72. The van der Waals surface area contributed by atoms with Crippen molar-refractivity contribution in [3.05, 3.63) is 94.4 Å². The number of nitrogens with zero attached hydrogens (tertiary/aromatic N) is 2. The van der Waals surface area contributed by atoms with Crippen molar-refractivity contribution in [2.45, 2.75) is 9.79 Å². The number of hydrogen-bond acceptors (Lipinski definition) is 4. The van der Waals surface area contributed by atoms with Crippen molar-refractivity contribution in [2.24, 2.45) is 0 Å². The van der Waals surface area contributed by atoms with E-state index in [1.165, 1.54) is 48.5 Å². The van der Waals surface area contributed by atoms with Gasteiger partial charge in [0.1, 0.15) is 20.0 Å². The van der Waals surface area contributed by atoms with Crippen molar-refractivity contribution < 1.29 is 76.0 Å². The van der Waals surface area contributed by atoms with E-state index in [2.05, 4.69) is 9.44 Å². The maximum atomic E-state index is 12.2. The summed E-state index contributed by atoms with van der Waals surface area (Å²) < 4.78 is 56.3. The molecule has 0 aromatic heterocycles. The summed E-state index contributed by atoms with van der Waals surface area (Å²) in [5.41, 5.74) is 0.370. The first-order valence-electron chi connectivity index (χ1n) is 7.53. The molecule has 6 nitrogen and oxygen atoms in total. The Morgan fingerprint density at radius 1 is 0.464 bits per heavy atom. The molecule has 0 aliphatic carbocycles. The fraction of sp³-hybridized carbons (Fsp3) is 0. The van der Waals surface area contributed by atoms with Crippen LogP contribution >= 0.6 is 0 Å². The Bertz CT molecular complexity index is 1000. The fourth-order valence-electron chi connectivity index (χ4n) is 2.14. The van der Waals surface area contributed by atoms with Crippen LogP contribution in [0, 0.1) is 0 Å². The van der Waals surface area contributed by atoms with Crippen molar-refractivity contribution in [1.82, 2.24) is 0 Å². The van der Waals surface area contributed by atoms with E-state index in [9.17, 15) is 16.8 Å². The van der Waals surface area contributed by atoms with E-state index >= 15 is 0 Å². The summed E-state index contributed by atoms with van der Waals surface area (Å²) in [6, 6.07) is 21.3. The van der Waals surface area contributed by atoms with Crippen molar-refractivity contribution in [1.29, 1.82) is 0 Å². The average Bonchev–Trinajstić information content (AvgIpc) is 2.64. The summed E-state index contributed by atoms with van der Waals surface area (Å²) in [7, 11) is -7.66. The molecule has 3 aromatic rings. The Balaban J connectivity index is 0.00000196. The molecular formula is C18H14N2Na2O4S2. The van der Waals surface area contributed by atoms with Crippen LogP contribution in [-0.2, 0) is 20.0 Å². The molecule has 0 unspecified atom stereocenters. The molecule has 10 heteroatoms. The molecule has 0 atom stereocenters. The topological polar surface area (TPSA) is 96.5 Å². The Hall–Kier alpha value is -0.840. The largest absolute Gasteiger partial charge is 1.00 e. The SMILES string of the molecule is O=S(=O)([N-]c1ccc([N-]S(=O)(=O)c2ccccc2)cc1)c1ccccc1.[Na+].[Na+]. The van der Waals surface area contributed by atoms with Crippen molar-refractivity contribution >= 4 is 31.4 Å². The van der Waals surface area contributed by atoms with Crippen molar-refractivity contribution in [3.63, 3.8) is 0 Å². The predicted molar refractivity (Wildman–Crippen MR) is 99.7 cm³/mol. The summed E-state index contributed by atoms with van der Waals surface area (Å²) in [4.78, 5) is 0.167. The minimum atomic E-state index is -3.83. The van der Waals surface area contributed by atoms with Gasteiger partial charge in [-0.3, -0.25) is 0 Å². The van der Waals surface area contributed by atoms with E-state index in [0.717, 1.165) is 0 Å². The third-order valence-corrected chi connectivity index (χ3v) is 6.02. The molecule has 0 bridgehead atoms. The van der Waals surface area contributed by atoms with Crippen molar-refractivity contribution in [3.8, 4) is 0 Å². The van der Waals surface area contributed by atoms with Crippen molar-refractivity contribution in [2.75, 3.05) is 0 Å². The first-order valence-corrected chi connectivity index (χ1v) is 10.4. The Morgan fingerprint density at radius 2 is 0.750 bits per heavy atom. The smallest absolute Gasteiger partial charge is 0.573 e. The van der Waals surface area contributed by atoms with Gasteiger partial charge in [-0.2, -0.15) is 0 Å². The van der Waals surface area contributed by atoms with Crippen LogP contribution in [0.3, 0.4) is 0 Å². The van der Waals surface area contributed by atoms with E-state index in [-0.39, 0.29) is 80.3 Å². The predicted octanol–water partition coefficient (Wildman–Crippen LogP) is -1.52. The van der Waals surface area contributed by atoms with Gasteiger partial charge in [0.05, 0.1) is 9.79 Å². The molecule has 28 heavy (non-hydrogen) atoms. The van der Waals surface area contributed by atoms with Crippen LogP contribution in [0.1, 0.15) is 0 Å².